The molecule has 1 aromatic heterocycles. The molecule has 7 heteroatoms. The molecule has 1 heterocycles. The highest BCUT2D eigenvalue weighted by molar-refractivity contribution is 5.39. The number of hydrogen-bond donors (Lipinski definition) is 2. The van der Waals surface area contributed by atoms with Crippen LogP contribution >= 0.6 is 0 Å². The summed E-state index contributed by atoms with van der Waals surface area (Å²) in [7, 11) is 0. The molecule has 17 heavy (non-hydrogen) atoms. The first-order chi connectivity index (χ1) is 7.96. The van der Waals surface area contributed by atoms with Crippen LogP contribution < -0.4 is 4.90 Å². The van der Waals surface area contributed by atoms with Crippen LogP contribution in [0.1, 0.15) is 5.56 Å². The average Bonchev–Trinajstić information content (AvgIpc) is 2.27. The minimum absolute atomic E-state index is 0.119. The summed E-state index contributed by atoms with van der Waals surface area (Å²) >= 11 is 0. The van der Waals surface area contributed by atoms with Crippen molar-refractivity contribution >= 4 is 5.82 Å². The van der Waals surface area contributed by atoms with E-state index >= 15 is 0 Å². The second kappa shape index (κ2) is 5.83. The number of alkyl halides is 3. The predicted molar refractivity (Wildman–Crippen MR) is 55.5 cm³/mol. The second-order valence-corrected chi connectivity index (χ2v) is 3.44. The molecule has 2 N–H and O–H groups in total. The van der Waals surface area contributed by atoms with E-state index < -0.39 is 12.7 Å². The molecule has 0 aliphatic rings. The van der Waals surface area contributed by atoms with E-state index in [1.165, 1.54) is 18.3 Å². The maximum Gasteiger partial charge on any atom is 0.405 e. The summed E-state index contributed by atoms with van der Waals surface area (Å²) in [4.78, 5) is 4.74. The quantitative estimate of drug-likeness (QED) is 0.816. The number of anilines is 1. The van der Waals surface area contributed by atoms with Gasteiger partial charge in [-0.2, -0.15) is 13.2 Å². The third-order valence-corrected chi connectivity index (χ3v) is 2.06. The molecule has 0 aliphatic heterocycles. The smallest absolute Gasteiger partial charge is 0.395 e. The number of pyridine rings is 1. The van der Waals surface area contributed by atoms with Crippen LogP contribution in [0, 0.1) is 0 Å². The van der Waals surface area contributed by atoms with Gasteiger partial charge in [0.2, 0.25) is 0 Å². The van der Waals surface area contributed by atoms with Gasteiger partial charge in [-0.25, -0.2) is 4.98 Å². The molecule has 0 bridgehead atoms. The summed E-state index contributed by atoms with van der Waals surface area (Å²) < 4.78 is 36.8. The van der Waals surface area contributed by atoms with Crippen molar-refractivity contribution in [3.63, 3.8) is 0 Å². The topological polar surface area (TPSA) is 56.6 Å². The molecular weight excluding hydrogens is 237 g/mol. The van der Waals surface area contributed by atoms with E-state index in [0.717, 1.165) is 4.90 Å². The Morgan fingerprint density at radius 3 is 2.35 bits per heavy atom. The maximum atomic E-state index is 12.3. The van der Waals surface area contributed by atoms with Crippen molar-refractivity contribution in [3.8, 4) is 0 Å². The Kier molecular flexibility index (Phi) is 4.71. The standard InChI is InChI=1S/C10H13F3N2O2/c11-10(12,13)7-15(3-4-16)9-2-1-8(6-17)5-14-9/h1-2,5,16-17H,3-4,6-7H2. The van der Waals surface area contributed by atoms with E-state index in [9.17, 15) is 13.2 Å². The second-order valence-electron chi connectivity index (χ2n) is 3.44. The van der Waals surface area contributed by atoms with Gasteiger partial charge in [0.15, 0.2) is 0 Å². The van der Waals surface area contributed by atoms with Crippen LogP contribution in [0.3, 0.4) is 0 Å². The van der Waals surface area contributed by atoms with Gasteiger partial charge in [-0.05, 0) is 11.6 Å². The molecule has 0 unspecified atom stereocenters. The van der Waals surface area contributed by atoms with E-state index in [-0.39, 0.29) is 25.6 Å². The first-order valence-corrected chi connectivity index (χ1v) is 4.94. The number of aromatic nitrogens is 1. The van der Waals surface area contributed by atoms with Crippen LogP contribution in [0.15, 0.2) is 18.3 Å². The number of rotatable bonds is 5. The summed E-state index contributed by atoms with van der Waals surface area (Å²) in [6, 6.07) is 2.87. The number of aliphatic hydroxyl groups is 2. The fourth-order valence-electron chi connectivity index (χ4n) is 1.31. The molecule has 0 saturated carbocycles. The number of nitrogens with zero attached hydrogens (tertiary/aromatic N) is 2. The summed E-state index contributed by atoms with van der Waals surface area (Å²) in [6.45, 7) is -1.92. The molecule has 96 valence electrons. The largest absolute Gasteiger partial charge is 0.405 e. The van der Waals surface area contributed by atoms with Crippen LogP contribution in [0.4, 0.5) is 19.0 Å². The van der Waals surface area contributed by atoms with Gasteiger partial charge in [0.25, 0.3) is 0 Å². The third-order valence-electron chi connectivity index (χ3n) is 2.06. The lowest BCUT2D eigenvalue weighted by Gasteiger charge is -2.24. The Morgan fingerprint density at radius 2 is 1.94 bits per heavy atom. The SMILES string of the molecule is OCCN(CC(F)(F)F)c1ccc(CO)cn1. The molecule has 0 amide bonds. The van der Waals surface area contributed by atoms with Gasteiger partial charge in [-0.3, -0.25) is 0 Å². The van der Waals surface area contributed by atoms with Gasteiger partial charge >= 0.3 is 6.18 Å². The van der Waals surface area contributed by atoms with Crippen LogP contribution in [-0.2, 0) is 6.61 Å². The van der Waals surface area contributed by atoms with Crippen molar-refractivity contribution in [1.82, 2.24) is 4.98 Å². The lowest BCUT2D eigenvalue weighted by Crippen LogP contribution is -2.36. The van der Waals surface area contributed by atoms with Gasteiger partial charge in [-0.15, -0.1) is 0 Å². The molecule has 1 rings (SSSR count). The van der Waals surface area contributed by atoms with Crippen LogP contribution in [0.25, 0.3) is 0 Å². The average molecular weight is 250 g/mol. The van der Waals surface area contributed by atoms with Gasteiger partial charge in [0.05, 0.1) is 13.2 Å². The van der Waals surface area contributed by atoms with E-state index in [0.29, 0.717) is 5.56 Å². The van der Waals surface area contributed by atoms with Crippen molar-refractivity contribution in [1.29, 1.82) is 0 Å². The van der Waals surface area contributed by atoms with E-state index in [2.05, 4.69) is 4.98 Å². The monoisotopic (exact) mass is 250 g/mol. The Bertz CT molecular complexity index is 340. The zero-order valence-corrected chi connectivity index (χ0v) is 8.98. The normalized spacial score (nSPS) is 11.6. The zero-order chi connectivity index (χ0) is 12.9. The lowest BCUT2D eigenvalue weighted by molar-refractivity contribution is -0.120. The molecule has 4 nitrogen and oxygen atoms in total. The van der Waals surface area contributed by atoms with Crippen LogP contribution in [0.2, 0.25) is 0 Å². The molecular formula is C10H13F3N2O2. The molecule has 0 aromatic carbocycles. The van der Waals surface area contributed by atoms with Crippen molar-refractivity contribution in [3.05, 3.63) is 23.9 Å². The zero-order valence-electron chi connectivity index (χ0n) is 8.98. The highest BCUT2D eigenvalue weighted by Crippen LogP contribution is 2.20. The first-order valence-electron chi connectivity index (χ1n) is 4.94. The highest BCUT2D eigenvalue weighted by Gasteiger charge is 2.31. The Morgan fingerprint density at radius 1 is 1.24 bits per heavy atom. The molecule has 0 spiro atoms. The fourth-order valence-corrected chi connectivity index (χ4v) is 1.31. The minimum atomic E-state index is -4.35. The fraction of sp³-hybridized carbons (Fsp3) is 0.500. The molecule has 0 saturated heterocycles. The van der Waals surface area contributed by atoms with Crippen LogP contribution in [0.5, 0.6) is 0 Å². The third kappa shape index (κ3) is 4.58. The Balaban J connectivity index is 2.81. The molecule has 0 aliphatic carbocycles. The maximum absolute atomic E-state index is 12.3. The van der Waals surface area contributed by atoms with Crippen molar-refractivity contribution in [2.24, 2.45) is 0 Å². The van der Waals surface area contributed by atoms with Gasteiger partial charge < -0.3 is 15.1 Å². The molecule has 0 fully saturated rings. The van der Waals surface area contributed by atoms with Crippen molar-refractivity contribution in [2.75, 3.05) is 24.6 Å². The van der Waals surface area contributed by atoms with Crippen molar-refractivity contribution in [2.45, 2.75) is 12.8 Å². The molecule has 0 atom stereocenters. The highest BCUT2D eigenvalue weighted by atomic mass is 19.4. The van der Waals surface area contributed by atoms with Crippen LogP contribution in [-0.4, -0.2) is 41.1 Å². The minimum Gasteiger partial charge on any atom is -0.395 e. The first kappa shape index (κ1) is 13.7. The molecule has 0 radical (unpaired) electrons. The van der Waals surface area contributed by atoms with Gasteiger partial charge in [-0.1, -0.05) is 6.07 Å². The summed E-state index contributed by atoms with van der Waals surface area (Å²) in [5.74, 6) is 0.119. The van der Waals surface area contributed by atoms with E-state index in [1.807, 2.05) is 0 Å². The number of halogens is 3. The predicted octanol–water partition coefficient (Wildman–Crippen LogP) is 0.935. The van der Waals surface area contributed by atoms with Crippen molar-refractivity contribution < 1.29 is 23.4 Å². The van der Waals surface area contributed by atoms with Gasteiger partial charge in [0, 0.05) is 12.7 Å². The summed E-state index contributed by atoms with van der Waals surface area (Å²) in [5.41, 5.74) is 0.518. The van der Waals surface area contributed by atoms with Gasteiger partial charge in [0.1, 0.15) is 12.4 Å². The number of aliphatic hydroxyl groups excluding tert-OH is 2. The lowest BCUT2D eigenvalue weighted by atomic mass is 10.3. The Labute approximate surface area is 96.3 Å². The van der Waals surface area contributed by atoms with E-state index in [4.69, 9.17) is 10.2 Å². The summed E-state index contributed by atoms with van der Waals surface area (Å²) in [6.07, 6.45) is -3.05. The Hall–Kier alpha value is -1.34. The number of hydrogen-bond acceptors (Lipinski definition) is 4. The van der Waals surface area contributed by atoms with E-state index in [1.54, 1.807) is 0 Å². The summed E-state index contributed by atoms with van der Waals surface area (Å²) in [5, 5.41) is 17.5. The molecule has 1 aromatic rings.